The summed E-state index contributed by atoms with van der Waals surface area (Å²) in [7, 11) is 0. The lowest BCUT2D eigenvalue weighted by molar-refractivity contribution is 0.101. The van der Waals surface area contributed by atoms with E-state index in [1.54, 1.807) is 0 Å². The number of nitrogens with one attached hydrogen (secondary N) is 1. The molecule has 1 aliphatic rings. The van der Waals surface area contributed by atoms with Crippen molar-refractivity contribution in [3.05, 3.63) is 54.2 Å². The Balaban J connectivity index is 1.72. The topological polar surface area (TPSA) is 76.6 Å². The van der Waals surface area contributed by atoms with E-state index in [0.29, 0.717) is 61.4 Å². The minimum absolute atomic E-state index is 0.298. The highest BCUT2D eigenvalue weighted by molar-refractivity contribution is 6.07. The minimum Gasteiger partial charge on any atom is -0.492 e. The number of nitrogens with zero attached hydrogens (tertiary/aromatic N) is 3. The molecule has 2 aromatic carbocycles. The van der Waals surface area contributed by atoms with Gasteiger partial charge in [0.2, 0.25) is 0 Å². The Kier molecular flexibility index (Phi) is 5.34. The van der Waals surface area contributed by atoms with E-state index in [4.69, 9.17) is 14.5 Å². The number of benzene rings is 2. The van der Waals surface area contributed by atoms with Crippen LogP contribution in [0.2, 0.25) is 0 Å². The first-order valence-electron chi connectivity index (χ1n) is 9.39. The Morgan fingerprint density at radius 3 is 2.50 bits per heavy atom. The molecule has 3 aromatic rings. The fourth-order valence-electron chi connectivity index (χ4n) is 3.17. The molecule has 0 bridgehead atoms. The maximum atomic E-state index is 13.2. The lowest BCUT2D eigenvalue weighted by atomic mass is 10.2. The lowest BCUT2D eigenvalue weighted by Crippen LogP contribution is -2.38. The maximum Gasteiger partial charge on any atom is 0.278 e. The summed E-state index contributed by atoms with van der Waals surface area (Å²) in [6, 6.07) is 14.9. The van der Waals surface area contributed by atoms with Gasteiger partial charge in [0, 0.05) is 13.1 Å². The molecule has 7 nitrogen and oxygen atoms in total. The summed E-state index contributed by atoms with van der Waals surface area (Å²) in [5, 5.41) is 2.93. The molecule has 0 spiro atoms. The Morgan fingerprint density at radius 2 is 1.75 bits per heavy atom. The van der Waals surface area contributed by atoms with Crippen molar-refractivity contribution in [1.82, 2.24) is 9.97 Å². The molecule has 4 rings (SSSR count). The van der Waals surface area contributed by atoms with Crippen LogP contribution in [0.15, 0.2) is 48.5 Å². The van der Waals surface area contributed by atoms with Gasteiger partial charge in [-0.1, -0.05) is 24.3 Å². The van der Waals surface area contributed by atoms with Gasteiger partial charge in [0.25, 0.3) is 5.91 Å². The van der Waals surface area contributed by atoms with Crippen LogP contribution >= 0.6 is 0 Å². The van der Waals surface area contributed by atoms with Gasteiger partial charge in [-0.25, -0.2) is 9.97 Å². The van der Waals surface area contributed by atoms with E-state index >= 15 is 0 Å². The molecular formula is C21H22N4O3. The molecule has 0 atom stereocenters. The first kappa shape index (κ1) is 18.2. The molecule has 1 amide bonds. The number of morpholine rings is 1. The highest BCUT2D eigenvalue weighted by atomic mass is 16.5. The summed E-state index contributed by atoms with van der Waals surface area (Å²) in [4.78, 5) is 24.6. The number of hydrogen-bond donors (Lipinski definition) is 1. The maximum absolute atomic E-state index is 13.2. The second-order valence-electron chi connectivity index (χ2n) is 6.37. The molecule has 0 radical (unpaired) electrons. The second-order valence-corrected chi connectivity index (χ2v) is 6.37. The Hall–Kier alpha value is -3.19. The number of anilines is 2. The molecule has 144 valence electrons. The fourth-order valence-corrected chi connectivity index (χ4v) is 3.17. The Labute approximate surface area is 163 Å². The van der Waals surface area contributed by atoms with Gasteiger partial charge >= 0.3 is 0 Å². The zero-order valence-corrected chi connectivity index (χ0v) is 15.7. The first-order chi connectivity index (χ1) is 13.8. The predicted molar refractivity (Wildman–Crippen MR) is 108 cm³/mol. The first-order valence-corrected chi connectivity index (χ1v) is 9.39. The monoisotopic (exact) mass is 378 g/mol. The molecule has 1 saturated heterocycles. The van der Waals surface area contributed by atoms with Crippen molar-refractivity contribution in [2.75, 3.05) is 43.1 Å². The zero-order valence-electron chi connectivity index (χ0n) is 15.7. The molecule has 0 unspecified atom stereocenters. The number of carbonyl (C=O) groups excluding carboxylic acids is 1. The Bertz CT molecular complexity index is 986. The van der Waals surface area contributed by atoms with Crippen LogP contribution in [0.4, 0.5) is 11.5 Å². The largest absolute Gasteiger partial charge is 0.492 e. The van der Waals surface area contributed by atoms with Gasteiger partial charge in [0.15, 0.2) is 11.5 Å². The van der Waals surface area contributed by atoms with Gasteiger partial charge in [-0.2, -0.15) is 0 Å². The number of para-hydroxylation sites is 4. The molecule has 1 aromatic heterocycles. The summed E-state index contributed by atoms with van der Waals surface area (Å²) in [5.74, 6) is 0.889. The van der Waals surface area contributed by atoms with Crippen LogP contribution < -0.4 is 15.0 Å². The zero-order chi connectivity index (χ0) is 19.3. The summed E-state index contributed by atoms with van der Waals surface area (Å²) >= 11 is 0. The quantitative estimate of drug-likeness (QED) is 0.735. The van der Waals surface area contributed by atoms with Crippen LogP contribution in [0.25, 0.3) is 11.0 Å². The number of ether oxygens (including phenoxy) is 2. The standard InChI is InChI=1S/C21H22N4O3/c1-2-28-18-10-6-5-9-17(18)24-21(26)19-20(25-11-13-27-14-12-25)23-16-8-4-3-7-15(16)22-19/h3-10H,2,11-14H2,1H3,(H,24,26). The summed E-state index contributed by atoms with van der Waals surface area (Å²) in [6.07, 6.45) is 0. The lowest BCUT2D eigenvalue weighted by Gasteiger charge is -2.29. The summed E-state index contributed by atoms with van der Waals surface area (Å²) < 4.78 is 11.1. The summed E-state index contributed by atoms with van der Waals surface area (Å²) in [5.41, 5.74) is 2.35. The third-order valence-corrected chi connectivity index (χ3v) is 4.51. The van der Waals surface area contributed by atoms with E-state index in [1.807, 2.05) is 60.4 Å². The summed E-state index contributed by atoms with van der Waals surface area (Å²) in [6.45, 7) is 4.96. The van der Waals surface area contributed by atoms with Crippen molar-refractivity contribution < 1.29 is 14.3 Å². The molecule has 7 heteroatoms. The highest BCUT2D eigenvalue weighted by Crippen LogP contribution is 2.27. The minimum atomic E-state index is -0.313. The normalized spacial score (nSPS) is 14.1. The van der Waals surface area contributed by atoms with Crippen LogP contribution in [0, 0.1) is 0 Å². The van der Waals surface area contributed by atoms with Gasteiger partial charge in [-0.15, -0.1) is 0 Å². The van der Waals surface area contributed by atoms with Crippen molar-refractivity contribution in [2.45, 2.75) is 6.92 Å². The highest BCUT2D eigenvalue weighted by Gasteiger charge is 2.23. The number of carbonyl (C=O) groups is 1. The number of hydrogen-bond acceptors (Lipinski definition) is 6. The van der Waals surface area contributed by atoms with Crippen LogP contribution in [0.5, 0.6) is 5.75 Å². The SMILES string of the molecule is CCOc1ccccc1NC(=O)c1nc2ccccc2nc1N1CCOCC1. The van der Waals surface area contributed by atoms with Gasteiger partial charge in [0.05, 0.1) is 36.5 Å². The second kappa shape index (κ2) is 8.22. The van der Waals surface area contributed by atoms with Crippen LogP contribution in [-0.2, 0) is 4.74 Å². The van der Waals surface area contributed by atoms with Gasteiger partial charge in [-0.05, 0) is 31.2 Å². The van der Waals surface area contributed by atoms with Crippen molar-refractivity contribution in [3.63, 3.8) is 0 Å². The van der Waals surface area contributed by atoms with Crippen molar-refractivity contribution in [1.29, 1.82) is 0 Å². The van der Waals surface area contributed by atoms with E-state index in [-0.39, 0.29) is 5.91 Å². The fraction of sp³-hybridized carbons (Fsp3) is 0.286. The average Bonchev–Trinajstić information content (AvgIpc) is 2.75. The van der Waals surface area contributed by atoms with Crippen molar-refractivity contribution in [3.8, 4) is 5.75 Å². The average molecular weight is 378 g/mol. The van der Waals surface area contributed by atoms with Crippen LogP contribution in [-0.4, -0.2) is 48.8 Å². The Morgan fingerprint density at radius 1 is 1.07 bits per heavy atom. The number of rotatable bonds is 5. The molecule has 0 saturated carbocycles. The van der Waals surface area contributed by atoms with Crippen LogP contribution in [0.3, 0.4) is 0 Å². The van der Waals surface area contributed by atoms with Gasteiger partial charge in [-0.3, -0.25) is 4.79 Å². The molecular weight excluding hydrogens is 356 g/mol. The molecule has 1 N–H and O–H groups in total. The van der Waals surface area contributed by atoms with E-state index in [1.165, 1.54) is 0 Å². The molecule has 0 aliphatic carbocycles. The van der Waals surface area contributed by atoms with E-state index in [0.717, 1.165) is 5.52 Å². The van der Waals surface area contributed by atoms with Crippen molar-refractivity contribution in [2.24, 2.45) is 0 Å². The smallest absolute Gasteiger partial charge is 0.278 e. The molecule has 1 fully saturated rings. The van der Waals surface area contributed by atoms with Crippen LogP contribution in [0.1, 0.15) is 17.4 Å². The molecule has 1 aliphatic heterocycles. The van der Waals surface area contributed by atoms with E-state index in [2.05, 4.69) is 10.3 Å². The third-order valence-electron chi connectivity index (χ3n) is 4.51. The predicted octanol–water partition coefficient (Wildman–Crippen LogP) is 3.12. The molecule has 2 heterocycles. The molecule has 28 heavy (non-hydrogen) atoms. The van der Waals surface area contributed by atoms with Gasteiger partial charge < -0.3 is 19.7 Å². The number of amides is 1. The van der Waals surface area contributed by atoms with E-state index < -0.39 is 0 Å². The number of fused-ring (bicyclic) bond motifs is 1. The third kappa shape index (κ3) is 3.75. The van der Waals surface area contributed by atoms with E-state index in [9.17, 15) is 4.79 Å². The number of aromatic nitrogens is 2. The van der Waals surface area contributed by atoms with Gasteiger partial charge in [0.1, 0.15) is 5.75 Å². The van der Waals surface area contributed by atoms with Crippen molar-refractivity contribution >= 4 is 28.4 Å².